The van der Waals surface area contributed by atoms with E-state index < -0.39 is 6.09 Å². The minimum Gasteiger partial charge on any atom is -0.465 e. The summed E-state index contributed by atoms with van der Waals surface area (Å²) in [5.74, 6) is 0.417. The van der Waals surface area contributed by atoms with Crippen LogP contribution in [0.4, 0.5) is 16.2 Å². The molecule has 2 aromatic rings. The van der Waals surface area contributed by atoms with Crippen molar-refractivity contribution < 1.29 is 9.90 Å². The second kappa shape index (κ2) is 7.25. The Morgan fingerprint density at radius 1 is 1.33 bits per heavy atom. The monoisotopic (exact) mass is 392 g/mol. The van der Waals surface area contributed by atoms with Crippen LogP contribution in [-0.2, 0) is 0 Å². The predicted molar refractivity (Wildman–Crippen MR) is 99.3 cm³/mol. The summed E-state index contributed by atoms with van der Waals surface area (Å²) in [6.45, 7) is 0.537. The molecule has 1 heterocycles. The van der Waals surface area contributed by atoms with Gasteiger partial charge in [0.2, 0.25) is 0 Å². The second-order valence-corrected chi connectivity index (χ2v) is 7.21. The van der Waals surface area contributed by atoms with E-state index in [1.807, 2.05) is 18.2 Å². The SMILES string of the molecule is Nc1cnc2ccc(Br)cc2c1NC1CCC(CNC(=O)O)CC1. The molecular weight excluding hydrogens is 372 g/mol. The fourth-order valence-corrected chi connectivity index (χ4v) is 3.65. The highest BCUT2D eigenvalue weighted by Gasteiger charge is 2.22. The zero-order chi connectivity index (χ0) is 17.1. The summed E-state index contributed by atoms with van der Waals surface area (Å²) in [4.78, 5) is 15.0. The van der Waals surface area contributed by atoms with Crippen molar-refractivity contribution in [2.45, 2.75) is 31.7 Å². The molecule has 5 N–H and O–H groups in total. The van der Waals surface area contributed by atoms with Gasteiger partial charge in [0.05, 0.1) is 23.1 Å². The number of benzene rings is 1. The number of carboxylic acid groups (broad SMARTS) is 1. The van der Waals surface area contributed by atoms with Crippen LogP contribution in [0.1, 0.15) is 25.7 Å². The van der Waals surface area contributed by atoms with Gasteiger partial charge in [0.1, 0.15) is 0 Å². The maximum atomic E-state index is 10.6. The first-order chi connectivity index (χ1) is 11.5. The van der Waals surface area contributed by atoms with E-state index in [9.17, 15) is 4.79 Å². The number of amides is 1. The van der Waals surface area contributed by atoms with E-state index in [-0.39, 0.29) is 0 Å². The fourth-order valence-electron chi connectivity index (χ4n) is 3.29. The molecule has 24 heavy (non-hydrogen) atoms. The molecule has 1 aliphatic carbocycles. The number of nitrogens with one attached hydrogen (secondary N) is 2. The van der Waals surface area contributed by atoms with Crippen LogP contribution >= 0.6 is 15.9 Å². The lowest BCUT2D eigenvalue weighted by Crippen LogP contribution is -2.33. The topological polar surface area (TPSA) is 100 Å². The Morgan fingerprint density at radius 2 is 2.08 bits per heavy atom. The van der Waals surface area contributed by atoms with Gasteiger partial charge in [-0.15, -0.1) is 0 Å². The highest BCUT2D eigenvalue weighted by Crippen LogP contribution is 2.33. The van der Waals surface area contributed by atoms with E-state index in [1.165, 1.54) is 0 Å². The molecule has 1 aromatic heterocycles. The van der Waals surface area contributed by atoms with E-state index in [0.29, 0.717) is 24.2 Å². The molecule has 0 unspecified atom stereocenters. The smallest absolute Gasteiger partial charge is 0.404 e. The van der Waals surface area contributed by atoms with Crippen LogP contribution in [0.15, 0.2) is 28.9 Å². The molecule has 1 saturated carbocycles. The first-order valence-electron chi connectivity index (χ1n) is 8.10. The molecule has 6 nitrogen and oxygen atoms in total. The van der Waals surface area contributed by atoms with E-state index in [4.69, 9.17) is 10.8 Å². The van der Waals surface area contributed by atoms with Crippen molar-refractivity contribution in [2.24, 2.45) is 5.92 Å². The summed E-state index contributed by atoms with van der Waals surface area (Å²) in [7, 11) is 0. The molecule has 0 spiro atoms. The Morgan fingerprint density at radius 3 is 2.79 bits per heavy atom. The van der Waals surface area contributed by atoms with Crippen molar-refractivity contribution in [3.63, 3.8) is 0 Å². The zero-order valence-corrected chi connectivity index (χ0v) is 14.8. The van der Waals surface area contributed by atoms with Gasteiger partial charge in [-0.2, -0.15) is 0 Å². The van der Waals surface area contributed by atoms with Crippen LogP contribution in [0.5, 0.6) is 0 Å². The van der Waals surface area contributed by atoms with Gasteiger partial charge in [-0.25, -0.2) is 4.79 Å². The number of pyridine rings is 1. The van der Waals surface area contributed by atoms with Crippen LogP contribution in [-0.4, -0.2) is 28.8 Å². The third-order valence-corrected chi connectivity index (χ3v) is 5.09. The Bertz CT molecular complexity index is 739. The van der Waals surface area contributed by atoms with Gasteiger partial charge in [0.15, 0.2) is 0 Å². The van der Waals surface area contributed by atoms with Gasteiger partial charge in [-0.3, -0.25) is 4.98 Å². The molecule has 1 fully saturated rings. The summed E-state index contributed by atoms with van der Waals surface area (Å²) in [6, 6.07) is 6.32. The van der Waals surface area contributed by atoms with Crippen molar-refractivity contribution in [3.05, 3.63) is 28.9 Å². The number of hydrogen-bond acceptors (Lipinski definition) is 4. The summed E-state index contributed by atoms with van der Waals surface area (Å²) in [5, 5.41) is 15.8. The van der Waals surface area contributed by atoms with E-state index in [1.54, 1.807) is 6.20 Å². The van der Waals surface area contributed by atoms with E-state index in [0.717, 1.165) is 46.7 Å². The van der Waals surface area contributed by atoms with Crippen molar-refractivity contribution in [3.8, 4) is 0 Å². The number of anilines is 2. The average molecular weight is 393 g/mol. The van der Waals surface area contributed by atoms with Crippen LogP contribution in [0.25, 0.3) is 10.9 Å². The predicted octanol–water partition coefficient (Wildman–Crippen LogP) is 3.82. The maximum absolute atomic E-state index is 10.6. The first-order valence-corrected chi connectivity index (χ1v) is 8.89. The normalized spacial score (nSPS) is 20.7. The number of rotatable bonds is 4. The summed E-state index contributed by atoms with van der Waals surface area (Å²) in [6.07, 6.45) is 4.76. The van der Waals surface area contributed by atoms with Crippen LogP contribution in [0.3, 0.4) is 0 Å². The molecule has 1 aromatic carbocycles. The number of carbonyl (C=O) groups is 1. The average Bonchev–Trinajstić information content (AvgIpc) is 2.57. The van der Waals surface area contributed by atoms with Crippen molar-refractivity contribution in [1.82, 2.24) is 10.3 Å². The highest BCUT2D eigenvalue weighted by molar-refractivity contribution is 9.10. The molecule has 0 aliphatic heterocycles. The quantitative estimate of drug-likeness (QED) is 0.633. The van der Waals surface area contributed by atoms with Gasteiger partial charge in [-0.1, -0.05) is 15.9 Å². The molecule has 1 aliphatic rings. The number of fused-ring (bicyclic) bond motifs is 1. The summed E-state index contributed by atoms with van der Waals surface area (Å²) >= 11 is 3.50. The number of nitrogens with two attached hydrogens (primary N) is 1. The second-order valence-electron chi connectivity index (χ2n) is 6.30. The molecule has 0 bridgehead atoms. The van der Waals surface area contributed by atoms with Gasteiger partial charge >= 0.3 is 6.09 Å². The molecule has 0 atom stereocenters. The minimum absolute atomic E-state index is 0.345. The first kappa shape index (κ1) is 16.8. The third kappa shape index (κ3) is 3.90. The molecular formula is C17H21BrN4O2. The third-order valence-electron chi connectivity index (χ3n) is 4.60. The van der Waals surface area contributed by atoms with Crippen molar-refractivity contribution >= 4 is 44.3 Å². The molecule has 1 amide bonds. The van der Waals surface area contributed by atoms with Crippen LogP contribution in [0.2, 0.25) is 0 Å². The Balaban J connectivity index is 1.69. The largest absolute Gasteiger partial charge is 0.465 e. The van der Waals surface area contributed by atoms with E-state index >= 15 is 0 Å². The fraction of sp³-hybridized carbons (Fsp3) is 0.412. The molecule has 128 valence electrons. The number of halogens is 1. The Labute approximate surface area is 149 Å². The lowest BCUT2D eigenvalue weighted by Gasteiger charge is -2.30. The van der Waals surface area contributed by atoms with Gasteiger partial charge in [0.25, 0.3) is 0 Å². The van der Waals surface area contributed by atoms with Crippen LogP contribution < -0.4 is 16.4 Å². The molecule has 3 rings (SSSR count). The maximum Gasteiger partial charge on any atom is 0.404 e. The van der Waals surface area contributed by atoms with Crippen molar-refractivity contribution in [2.75, 3.05) is 17.6 Å². The van der Waals surface area contributed by atoms with Gasteiger partial charge in [0, 0.05) is 22.4 Å². The zero-order valence-electron chi connectivity index (χ0n) is 13.3. The number of nitrogens with zero attached hydrogens (tertiary/aromatic N) is 1. The van der Waals surface area contributed by atoms with Gasteiger partial charge in [-0.05, 0) is 49.8 Å². The van der Waals surface area contributed by atoms with E-state index in [2.05, 4.69) is 31.5 Å². The highest BCUT2D eigenvalue weighted by atomic mass is 79.9. The molecule has 0 radical (unpaired) electrons. The number of hydrogen-bond donors (Lipinski definition) is 4. The summed E-state index contributed by atoms with van der Waals surface area (Å²) < 4.78 is 0.994. The van der Waals surface area contributed by atoms with Gasteiger partial charge < -0.3 is 21.5 Å². The number of aromatic nitrogens is 1. The van der Waals surface area contributed by atoms with Crippen molar-refractivity contribution in [1.29, 1.82) is 0 Å². The Hall–Kier alpha value is -2.02. The minimum atomic E-state index is -0.947. The molecule has 0 saturated heterocycles. The number of nitrogen functional groups attached to an aromatic ring is 1. The standard InChI is InChI=1S/C17H21BrN4O2/c18-11-3-6-15-13(7-11)16(14(19)9-20-15)22-12-4-1-10(2-5-12)8-21-17(23)24/h3,6-7,9-10,12,21H,1-2,4-5,8,19H2,(H,20,22)(H,23,24). The summed E-state index contributed by atoms with van der Waals surface area (Å²) in [5.41, 5.74) is 8.64. The Kier molecular flexibility index (Phi) is 5.08. The lowest BCUT2D eigenvalue weighted by atomic mass is 9.86. The van der Waals surface area contributed by atoms with Crippen LogP contribution in [0, 0.1) is 5.92 Å². The molecule has 7 heteroatoms. The lowest BCUT2D eigenvalue weighted by molar-refractivity contribution is 0.190.